The molecule has 1 N–H and O–H groups in total. The van der Waals surface area contributed by atoms with Crippen molar-refractivity contribution in [3.05, 3.63) is 0 Å². The van der Waals surface area contributed by atoms with Crippen molar-refractivity contribution in [2.45, 2.75) is 32.9 Å². The van der Waals surface area contributed by atoms with Gasteiger partial charge in [-0.1, -0.05) is 0 Å². The van der Waals surface area contributed by atoms with Crippen LogP contribution in [0.3, 0.4) is 0 Å². The molecular formula is C10H20N2O2. The minimum absolute atomic E-state index is 0.110. The fraction of sp³-hybridized carbons (Fsp3) is 0.900. The predicted molar refractivity (Wildman–Crippen MR) is 55.1 cm³/mol. The van der Waals surface area contributed by atoms with Gasteiger partial charge >= 0.3 is 5.97 Å². The van der Waals surface area contributed by atoms with E-state index in [-0.39, 0.29) is 12.0 Å². The maximum atomic E-state index is 11.5. The van der Waals surface area contributed by atoms with Gasteiger partial charge < -0.3 is 10.1 Å². The van der Waals surface area contributed by atoms with E-state index in [0.29, 0.717) is 12.6 Å². The van der Waals surface area contributed by atoms with Gasteiger partial charge in [0.05, 0.1) is 6.61 Å². The molecule has 1 saturated heterocycles. The third kappa shape index (κ3) is 2.69. The summed E-state index contributed by atoms with van der Waals surface area (Å²) >= 11 is 0. The average Bonchev–Trinajstić information content (AvgIpc) is 2.18. The van der Waals surface area contributed by atoms with Crippen molar-refractivity contribution in [3.8, 4) is 0 Å². The standard InChI is InChI=1S/C10H20N2O2/c1-4-14-10(13)9(3)12-6-5-11-7-8(12)2/h8-9,11H,4-7H2,1-3H3/t8-,9?/m1/s1. The van der Waals surface area contributed by atoms with Gasteiger partial charge in [0.15, 0.2) is 0 Å². The van der Waals surface area contributed by atoms with Gasteiger partial charge in [-0.15, -0.1) is 0 Å². The summed E-state index contributed by atoms with van der Waals surface area (Å²) in [7, 11) is 0. The van der Waals surface area contributed by atoms with Gasteiger partial charge in [-0.3, -0.25) is 9.69 Å². The Morgan fingerprint density at radius 3 is 3.00 bits per heavy atom. The Labute approximate surface area is 85.6 Å². The molecule has 14 heavy (non-hydrogen) atoms. The van der Waals surface area contributed by atoms with Crippen molar-refractivity contribution in [3.63, 3.8) is 0 Å². The highest BCUT2D eigenvalue weighted by Crippen LogP contribution is 2.09. The first-order chi connectivity index (χ1) is 6.66. The highest BCUT2D eigenvalue weighted by Gasteiger charge is 2.28. The van der Waals surface area contributed by atoms with Crippen molar-refractivity contribution in [2.75, 3.05) is 26.2 Å². The summed E-state index contributed by atoms with van der Waals surface area (Å²) in [5, 5.41) is 3.30. The van der Waals surface area contributed by atoms with E-state index >= 15 is 0 Å². The van der Waals surface area contributed by atoms with Gasteiger partial charge in [-0.2, -0.15) is 0 Å². The van der Waals surface area contributed by atoms with Crippen molar-refractivity contribution >= 4 is 5.97 Å². The second kappa shape index (κ2) is 5.32. The van der Waals surface area contributed by atoms with E-state index < -0.39 is 0 Å². The first kappa shape index (κ1) is 11.5. The molecule has 1 heterocycles. The normalized spacial score (nSPS) is 25.8. The Hall–Kier alpha value is -0.610. The first-order valence-corrected chi connectivity index (χ1v) is 5.30. The maximum absolute atomic E-state index is 11.5. The highest BCUT2D eigenvalue weighted by molar-refractivity contribution is 5.75. The third-order valence-corrected chi connectivity index (χ3v) is 2.68. The average molecular weight is 200 g/mol. The first-order valence-electron chi connectivity index (χ1n) is 5.30. The molecule has 0 bridgehead atoms. The number of hydrogen-bond acceptors (Lipinski definition) is 4. The minimum atomic E-state index is -0.118. The summed E-state index contributed by atoms with van der Waals surface area (Å²) in [4.78, 5) is 13.7. The number of piperazine rings is 1. The third-order valence-electron chi connectivity index (χ3n) is 2.68. The molecule has 1 rings (SSSR count). The van der Waals surface area contributed by atoms with Gasteiger partial charge in [0.25, 0.3) is 0 Å². The van der Waals surface area contributed by atoms with E-state index in [4.69, 9.17) is 4.74 Å². The van der Waals surface area contributed by atoms with Crippen LogP contribution in [0.5, 0.6) is 0 Å². The van der Waals surface area contributed by atoms with Crippen LogP contribution in [0.4, 0.5) is 0 Å². The smallest absolute Gasteiger partial charge is 0.323 e. The Morgan fingerprint density at radius 2 is 2.43 bits per heavy atom. The van der Waals surface area contributed by atoms with Crippen molar-refractivity contribution in [1.29, 1.82) is 0 Å². The summed E-state index contributed by atoms with van der Waals surface area (Å²) in [6.45, 7) is 9.16. The molecule has 0 amide bonds. The number of nitrogens with zero attached hydrogens (tertiary/aromatic N) is 1. The lowest BCUT2D eigenvalue weighted by atomic mass is 10.1. The zero-order valence-corrected chi connectivity index (χ0v) is 9.25. The van der Waals surface area contributed by atoms with Crippen molar-refractivity contribution in [2.24, 2.45) is 0 Å². The van der Waals surface area contributed by atoms with Crippen LogP contribution in [0.25, 0.3) is 0 Å². The number of nitrogens with one attached hydrogen (secondary N) is 1. The molecule has 1 aliphatic heterocycles. The quantitative estimate of drug-likeness (QED) is 0.662. The van der Waals surface area contributed by atoms with Crippen molar-refractivity contribution in [1.82, 2.24) is 10.2 Å². The minimum Gasteiger partial charge on any atom is -0.465 e. The monoisotopic (exact) mass is 200 g/mol. The van der Waals surface area contributed by atoms with E-state index in [0.717, 1.165) is 19.6 Å². The van der Waals surface area contributed by atoms with Gasteiger partial charge in [0.1, 0.15) is 6.04 Å². The second-order valence-corrected chi connectivity index (χ2v) is 3.72. The molecule has 1 aliphatic rings. The van der Waals surface area contributed by atoms with Crippen LogP contribution in [0, 0.1) is 0 Å². The molecular weight excluding hydrogens is 180 g/mol. The lowest BCUT2D eigenvalue weighted by molar-refractivity contribution is -0.150. The molecule has 1 unspecified atom stereocenters. The van der Waals surface area contributed by atoms with Crippen LogP contribution in [-0.2, 0) is 9.53 Å². The van der Waals surface area contributed by atoms with E-state index in [1.54, 1.807) is 0 Å². The number of ether oxygens (including phenoxy) is 1. The molecule has 0 aliphatic carbocycles. The van der Waals surface area contributed by atoms with E-state index in [1.165, 1.54) is 0 Å². The van der Waals surface area contributed by atoms with Gasteiger partial charge in [-0.05, 0) is 20.8 Å². The second-order valence-electron chi connectivity index (χ2n) is 3.72. The largest absolute Gasteiger partial charge is 0.465 e. The van der Waals surface area contributed by atoms with Crippen LogP contribution in [0.2, 0.25) is 0 Å². The zero-order chi connectivity index (χ0) is 10.6. The fourth-order valence-electron chi connectivity index (χ4n) is 1.83. The SMILES string of the molecule is CCOC(=O)C(C)N1CCNC[C@H]1C. The molecule has 0 aromatic rings. The number of carbonyl (C=O) groups is 1. The van der Waals surface area contributed by atoms with Crippen LogP contribution >= 0.6 is 0 Å². The topological polar surface area (TPSA) is 41.6 Å². The summed E-state index contributed by atoms with van der Waals surface area (Å²) < 4.78 is 5.00. The summed E-state index contributed by atoms with van der Waals surface area (Å²) in [5.74, 6) is -0.110. The molecule has 1 fully saturated rings. The van der Waals surface area contributed by atoms with Crippen LogP contribution < -0.4 is 5.32 Å². The molecule has 0 aromatic carbocycles. The number of esters is 1. The Kier molecular flexibility index (Phi) is 4.35. The Bertz CT molecular complexity index is 197. The Balaban J connectivity index is 2.48. The molecule has 0 aromatic heterocycles. The lowest BCUT2D eigenvalue weighted by Gasteiger charge is -2.37. The molecule has 82 valence electrons. The summed E-state index contributed by atoms with van der Waals surface area (Å²) in [5.41, 5.74) is 0. The summed E-state index contributed by atoms with van der Waals surface area (Å²) in [6.07, 6.45) is 0. The molecule has 0 saturated carbocycles. The molecule has 4 nitrogen and oxygen atoms in total. The van der Waals surface area contributed by atoms with Crippen molar-refractivity contribution < 1.29 is 9.53 Å². The van der Waals surface area contributed by atoms with Gasteiger partial charge in [0, 0.05) is 25.7 Å². The lowest BCUT2D eigenvalue weighted by Crippen LogP contribution is -2.55. The van der Waals surface area contributed by atoms with E-state index in [9.17, 15) is 4.79 Å². The Morgan fingerprint density at radius 1 is 1.71 bits per heavy atom. The fourth-order valence-corrected chi connectivity index (χ4v) is 1.83. The van der Waals surface area contributed by atoms with E-state index in [1.807, 2.05) is 13.8 Å². The molecule has 2 atom stereocenters. The van der Waals surface area contributed by atoms with Gasteiger partial charge in [0.2, 0.25) is 0 Å². The predicted octanol–water partition coefficient (Wildman–Crippen LogP) is 0.232. The number of hydrogen-bond donors (Lipinski definition) is 1. The van der Waals surface area contributed by atoms with Gasteiger partial charge in [-0.25, -0.2) is 0 Å². The van der Waals surface area contributed by atoms with Crippen LogP contribution in [-0.4, -0.2) is 49.2 Å². The molecule has 4 heteroatoms. The van der Waals surface area contributed by atoms with E-state index in [2.05, 4.69) is 17.1 Å². The summed E-state index contributed by atoms with van der Waals surface area (Å²) in [6, 6.07) is 0.287. The maximum Gasteiger partial charge on any atom is 0.323 e. The zero-order valence-electron chi connectivity index (χ0n) is 9.25. The highest BCUT2D eigenvalue weighted by atomic mass is 16.5. The molecule has 0 spiro atoms. The molecule has 0 radical (unpaired) electrons. The van der Waals surface area contributed by atoms with Crippen LogP contribution in [0.1, 0.15) is 20.8 Å². The number of carbonyl (C=O) groups excluding carboxylic acids is 1. The van der Waals surface area contributed by atoms with Crippen LogP contribution in [0.15, 0.2) is 0 Å². The number of rotatable bonds is 3.